The Morgan fingerprint density at radius 2 is 2.10 bits per heavy atom. The van der Waals surface area contributed by atoms with Crippen molar-refractivity contribution in [3.8, 4) is 0 Å². The summed E-state index contributed by atoms with van der Waals surface area (Å²) in [5, 5.41) is 0. The first-order valence-electron chi connectivity index (χ1n) is 3.49. The second-order valence-corrected chi connectivity index (χ2v) is 2.31. The number of hydrogen-bond donors (Lipinski definition) is 0. The lowest BCUT2D eigenvalue weighted by Crippen LogP contribution is -1.92. The minimum Gasteiger partial charge on any atom is -0.478 e. The molecule has 0 aliphatic carbocycles. The molecule has 0 rings (SSSR count). The van der Waals surface area contributed by atoms with Crippen molar-refractivity contribution in [3.05, 3.63) is 11.5 Å². The fraction of sp³-hybridized carbons (Fsp3) is 0.625. The Labute approximate surface area is 62.6 Å². The van der Waals surface area contributed by atoms with Gasteiger partial charge < -0.3 is 4.74 Å². The van der Waals surface area contributed by atoms with Gasteiger partial charge in [0.1, 0.15) is 0 Å². The zero-order valence-corrected chi connectivity index (χ0v) is 6.98. The fourth-order valence-corrected chi connectivity index (χ4v) is 0.547. The van der Waals surface area contributed by atoms with Gasteiger partial charge in [-0.25, -0.2) is 4.99 Å². The summed E-state index contributed by atoms with van der Waals surface area (Å²) in [4.78, 5) is 3.73. The molecule has 2 nitrogen and oxygen atoms in total. The molecule has 2 heteroatoms. The molecule has 0 bridgehead atoms. The average molecular weight is 141 g/mol. The molecular formula is C8H15NO. The predicted octanol–water partition coefficient (Wildman–Crippen LogP) is 2.37. The van der Waals surface area contributed by atoms with Gasteiger partial charge in [-0.2, -0.15) is 0 Å². The molecule has 0 aliphatic rings. The zero-order valence-electron chi connectivity index (χ0n) is 6.98. The van der Waals surface area contributed by atoms with E-state index in [2.05, 4.69) is 18.6 Å². The molecule has 0 radical (unpaired) electrons. The Morgan fingerprint density at radius 1 is 1.50 bits per heavy atom. The van der Waals surface area contributed by atoms with E-state index in [0.29, 0.717) is 5.88 Å². The minimum atomic E-state index is 0.668. The van der Waals surface area contributed by atoms with Gasteiger partial charge >= 0.3 is 0 Å². The molecule has 0 saturated carbocycles. The number of hydrogen-bond acceptors (Lipinski definition) is 2. The molecule has 10 heavy (non-hydrogen) atoms. The highest BCUT2D eigenvalue weighted by atomic mass is 16.5. The van der Waals surface area contributed by atoms with E-state index < -0.39 is 0 Å². The van der Waals surface area contributed by atoms with E-state index in [1.807, 2.05) is 13.8 Å². The Balaban J connectivity index is 3.85. The first-order chi connectivity index (χ1) is 4.72. The zero-order chi connectivity index (χ0) is 7.98. The van der Waals surface area contributed by atoms with Crippen LogP contribution in [0.2, 0.25) is 0 Å². The standard InChI is InChI=1S/C8H15NO/c1-5-6-10-8(9-4)7(2)3/h4-6H2,1-3H3. The summed E-state index contributed by atoms with van der Waals surface area (Å²) in [6.45, 7) is 10.1. The van der Waals surface area contributed by atoms with E-state index in [-0.39, 0.29) is 0 Å². The normalized spacial score (nSPS) is 8.70. The van der Waals surface area contributed by atoms with E-state index >= 15 is 0 Å². The van der Waals surface area contributed by atoms with Gasteiger partial charge in [0, 0.05) is 0 Å². The average Bonchev–Trinajstić information content (AvgIpc) is 1.89. The van der Waals surface area contributed by atoms with Crippen LogP contribution < -0.4 is 0 Å². The largest absolute Gasteiger partial charge is 0.478 e. The molecule has 0 aromatic carbocycles. The fourth-order valence-electron chi connectivity index (χ4n) is 0.547. The van der Waals surface area contributed by atoms with Crippen molar-refractivity contribution < 1.29 is 4.74 Å². The molecule has 0 spiro atoms. The summed E-state index contributed by atoms with van der Waals surface area (Å²) < 4.78 is 5.25. The second-order valence-electron chi connectivity index (χ2n) is 2.31. The maximum absolute atomic E-state index is 5.25. The minimum absolute atomic E-state index is 0.668. The van der Waals surface area contributed by atoms with Crippen LogP contribution in [0.25, 0.3) is 0 Å². The smallest absolute Gasteiger partial charge is 0.211 e. The summed E-state index contributed by atoms with van der Waals surface area (Å²) in [5.74, 6) is 0.668. The van der Waals surface area contributed by atoms with Crippen LogP contribution in [0.15, 0.2) is 16.4 Å². The summed E-state index contributed by atoms with van der Waals surface area (Å²) >= 11 is 0. The highest BCUT2D eigenvalue weighted by molar-refractivity contribution is 5.28. The SMILES string of the molecule is C=NC(OCCC)=C(C)C. The Morgan fingerprint density at radius 3 is 2.40 bits per heavy atom. The van der Waals surface area contributed by atoms with Crippen molar-refractivity contribution in [2.24, 2.45) is 4.99 Å². The van der Waals surface area contributed by atoms with Gasteiger partial charge in [0.05, 0.1) is 6.61 Å². The Hall–Kier alpha value is -0.790. The van der Waals surface area contributed by atoms with Gasteiger partial charge in [0.15, 0.2) is 0 Å². The van der Waals surface area contributed by atoms with Crippen LogP contribution in [-0.4, -0.2) is 13.3 Å². The lowest BCUT2D eigenvalue weighted by molar-refractivity contribution is 0.207. The van der Waals surface area contributed by atoms with E-state index in [9.17, 15) is 0 Å². The highest BCUT2D eigenvalue weighted by Crippen LogP contribution is 2.05. The lowest BCUT2D eigenvalue weighted by atomic mass is 10.4. The molecule has 0 fully saturated rings. The summed E-state index contributed by atoms with van der Waals surface area (Å²) in [6.07, 6.45) is 1.01. The van der Waals surface area contributed by atoms with E-state index in [4.69, 9.17) is 4.74 Å². The monoisotopic (exact) mass is 141 g/mol. The molecule has 0 unspecified atom stereocenters. The number of rotatable bonds is 4. The second kappa shape index (κ2) is 5.03. The Bertz CT molecular complexity index is 134. The first-order valence-corrected chi connectivity index (χ1v) is 3.49. The molecule has 0 heterocycles. The van der Waals surface area contributed by atoms with Gasteiger partial charge in [-0.1, -0.05) is 6.92 Å². The van der Waals surface area contributed by atoms with Gasteiger partial charge in [0.25, 0.3) is 0 Å². The molecule has 0 aromatic heterocycles. The number of nitrogens with zero attached hydrogens (tertiary/aromatic N) is 1. The lowest BCUT2D eigenvalue weighted by Gasteiger charge is -2.04. The van der Waals surface area contributed by atoms with Crippen LogP contribution >= 0.6 is 0 Å². The molecular weight excluding hydrogens is 126 g/mol. The molecule has 0 amide bonds. The van der Waals surface area contributed by atoms with E-state index in [1.165, 1.54) is 0 Å². The third kappa shape index (κ3) is 3.28. The number of ether oxygens (including phenoxy) is 1. The molecule has 58 valence electrons. The Kier molecular flexibility index (Phi) is 4.63. The quantitative estimate of drug-likeness (QED) is 0.435. The number of allylic oxidation sites excluding steroid dienone is 1. The van der Waals surface area contributed by atoms with Crippen LogP contribution in [0.5, 0.6) is 0 Å². The summed E-state index contributed by atoms with van der Waals surface area (Å²) in [7, 11) is 0. The summed E-state index contributed by atoms with van der Waals surface area (Å²) in [6, 6.07) is 0. The molecule has 0 aromatic rings. The molecule has 0 aliphatic heterocycles. The number of aliphatic imine (C=N–C) groups is 1. The molecule has 0 saturated heterocycles. The van der Waals surface area contributed by atoms with Crippen molar-refractivity contribution in [2.45, 2.75) is 27.2 Å². The van der Waals surface area contributed by atoms with Gasteiger partial charge in [0.2, 0.25) is 5.88 Å². The van der Waals surface area contributed by atoms with Crippen LogP contribution in [0, 0.1) is 0 Å². The van der Waals surface area contributed by atoms with E-state index in [0.717, 1.165) is 18.6 Å². The van der Waals surface area contributed by atoms with Crippen LogP contribution in [-0.2, 0) is 4.74 Å². The van der Waals surface area contributed by atoms with Crippen molar-refractivity contribution in [1.82, 2.24) is 0 Å². The third-order valence-electron chi connectivity index (χ3n) is 1.01. The van der Waals surface area contributed by atoms with Crippen molar-refractivity contribution in [1.29, 1.82) is 0 Å². The van der Waals surface area contributed by atoms with Crippen molar-refractivity contribution in [2.75, 3.05) is 6.61 Å². The summed E-state index contributed by atoms with van der Waals surface area (Å²) in [5.41, 5.74) is 1.07. The van der Waals surface area contributed by atoms with Gasteiger partial charge in [-0.15, -0.1) is 0 Å². The van der Waals surface area contributed by atoms with Crippen LogP contribution in [0.1, 0.15) is 27.2 Å². The maximum atomic E-state index is 5.25. The van der Waals surface area contributed by atoms with Crippen molar-refractivity contribution in [3.63, 3.8) is 0 Å². The topological polar surface area (TPSA) is 21.6 Å². The predicted molar refractivity (Wildman–Crippen MR) is 44.2 cm³/mol. The third-order valence-corrected chi connectivity index (χ3v) is 1.01. The first kappa shape index (κ1) is 9.21. The molecule has 0 atom stereocenters. The van der Waals surface area contributed by atoms with Crippen LogP contribution in [0.4, 0.5) is 0 Å². The maximum Gasteiger partial charge on any atom is 0.211 e. The van der Waals surface area contributed by atoms with Crippen molar-refractivity contribution >= 4 is 6.72 Å². The molecule has 0 N–H and O–H groups in total. The van der Waals surface area contributed by atoms with E-state index in [1.54, 1.807) is 0 Å². The van der Waals surface area contributed by atoms with Crippen LogP contribution in [0.3, 0.4) is 0 Å². The van der Waals surface area contributed by atoms with Gasteiger partial charge in [-0.3, -0.25) is 0 Å². The van der Waals surface area contributed by atoms with Gasteiger partial charge in [-0.05, 0) is 32.6 Å². The highest BCUT2D eigenvalue weighted by Gasteiger charge is 1.93.